The summed E-state index contributed by atoms with van der Waals surface area (Å²) in [6.45, 7) is 0.168. The lowest BCUT2D eigenvalue weighted by atomic mass is 10.2. The fourth-order valence-corrected chi connectivity index (χ4v) is 2.35. The van der Waals surface area contributed by atoms with Gasteiger partial charge in [-0.2, -0.15) is 0 Å². The zero-order valence-electron chi connectivity index (χ0n) is 11.1. The molecule has 0 bridgehead atoms. The van der Waals surface area contributed by atoms with E-state index < -0.39 is 5.97 Å². The molecule has 0 unspecified atom stereocenters. The van der Waals surface area contributed by atoms with Crippen molar-refractivity contribution in [1.82, 2.24) is 0 Å². The van der Waals surface area contributed by atoms with Crippen molar-refractivity contribution >= 4 is 33.5 Å². The van der Waals surface area contributed by atoms with Crippen LogP contribution < -0.4 is 9.47 Å². The standard InChI is InChI=1S/C15H12BrClO4/c1-20-10-5-6-12(16)9(7-10)8-21-14-11(15(18)19)3-2-4-13(14)17/h2-7H,8H2,1H3,(H,18,19). The Bertz CT molecular complexity index is 673. The van der Waals surface area contributed by atoms with E-state index >= 15 is 0 Å². The molecule has 0 saturated heterocycles. The molecule has 0 aromatic heterocycles. The third-order valence-electron chi connectivity index (χ3n) is 2.82. The predicted molar refractivity (Wildman–Crippen MR) is 83.4 cm³/mol. The third-order valence-corrected chi connectivity index (χ3v) is 3.89. The van der Waals surface area contributed by atoms with Crippen LogP contribution in [-0.4, -0.2) is 18.2 Å². The largest absolute Gasteiger partial charge is 0.497 e. The van der Waals surface area contributed by atoms with Crippen molar-refractivity contribution in [2.75, 3.05) is 7.11 Å². The van der Waals surface area contributed by atoms with Crippen molar-refractivity contribution < 1.29 is 19.4 Å². The molecular weight excluding hydrogens is 360 g/mol. The highest BCUT2D eigenvalue weighted by atomic mass is 79.9. The number of carboxylic acids is 1. The number of rotatable bonds is 5. The Morgan fingerprint density at radius 2 is 2.10 bits per heavy atom. The number of carboxylic acid groups (broad SMARTS) is 1. The molecule has 0 aliphatic carbocycles. The number of benzene rings is 2. The topological polar surface area (TPSA) is 55.8 Å². The van der Waals surface area contributed by atoms with Crippen LogP contribution in [0.3, 0.4) is 0 Å². The van der Waals surface area contributed by atoms with E-state index in [1.165, 1.54) is 6.07 Å². The van der Waals surface area contributed by atoms with E-state index in [4.69, 9.17) is 26.2 Å². The summed E-state index contributed by atoms with van der Waals surface area (Å²) < 4.78 is 11.6. The molecule has 0 fully saturated rings. The van der Waals surface area contributed by atoms with Gasteiger partial charge >= 0.3 is 5.97 Å². The minimum absolute atomic E-state index is 0.0292. The molecule has 2 aromatic carbocycles. The van der Waals surface area contributed by atoms with Crippen LogP contribution in [0.1, 0.15) is 15.9 Å². The Labute approximate surface area is 135 Å². The van der Waals surface area contributed by atoms with Crippen molar-refractivity contribution in [3.05, 3.63) is 57.0 Å². The molecule has 0 heterocycles. The molecule has 21 heavy (non-hydrogen) atoms. The van der Waals surface area contributed by atoms with Crippen molar-refractivity contribution in [3.63, 3.8) is 0 Å². The molecule has 0 radical (unpaired) electrons. The van der Waals surface area contributed by atoms with E-state index in [0.29, 0.717) is 5.75 Å². The number of aromatic carboxylic acids is 1. The predicted octanol–water partition coefficient (Wildman–Crippen LogP) is 4.39. The molecule has 0 spiro atoms. The van der Waals surface area contributed by atoms with E-state index in [0.717, 1.165) is 10.0 Å². The number of para-hydroxylation sites is 1. The summed E-state index contributed by atoms with van der Waals surface area (Å²) >= 11 is 9.43. The van der Waals surface area contributed by atoms with Gasteiger partial charge in [0, 0.05) is 10.0 Å². The van der Waals surface area contributed by atoms with Gasteiger partial charge in [-0.1, -0.05) is 33.6 Å². The minimum Gasteiger partial charge on any atom is -0.497 e. The minimum atomic E-state index is -1.09. The third kappa shape index (κ3) is 3.68. The Morgan fingerprint density at radius 3 is 2.76 bits per heavy atom. The molecule has 2 rings (SSSR count). The number of hydrogen-bond donors (Lipinski definition) is 1. The van der Waals surface area contributed by atoms with E-state index in [-0.39, 0.29) is 22.9 Å². The molecule has 1 N–H and O–H groups in total. The van der Waals surface area contributed by atoms with Crippen molar-refractivity contribution in [2.45, 2.75) is 6.61 Å². The highest BCUT2D eigenvalue weighted by Crippen LogP contribution is 2.31. The fourth-order valence-electron chi connectivity index (χ4n) is 1.76. The van der Waals surface area contributed by atoms with Crippen LogP contribution in [0.4, 0.5) is 0 Å². The Kier molecular flexibility index (Phi) is 5.09. The molecule has 6 heteroatoms. The lowest BCUT2D eigenvalue weighted by Crippen LogP contribution is -2.04. The van der Waals surface area contributed by atoms with Crippen LogP contribution in [0.15, 0.2) is 40.9 Å². The highest BCUT2D eigenvalue weighted by Gasteiger charge is 2.15. The molecule has 0 aliphatic heterocycles. The number of halogens is 2. The maximum absolute atomic E-state index is 11.2. The SMILES string of the molecule is COc1ccc(Br)c(COc2c(Cl)cccc2C(=O)O)c1. The normalized spacial score (nSPS) is 10.2. The average Bonchev–Trinajstić information content (AvgIpc) is 2.47. The summed E-state index contributed by atoms with van der Waals surface area (Å²) in [5.74, 6) is -0.243. The lowest BCUT2D eigenvalue weighted by Gasteiger charge is -2.12. The van der Waals surface area contributed by atoms with Crippen LogP contribution in [0.25, 0.3) is 0 Å². The van der Waals surface area contributed by atoms with Crippen molar-refractivity contribution in [3.8, 4) is 11.5 Å². The molecule has 0 amide bonds. The van der Waals surface area contributed by atoms with Gasteiger partial charge in [0.1, 0.15) is 17.9 Å². The van der Waals surface area contributed by atoms with Crippen LogP contribution in [0.5, 0.6) is 11.5 Å². The number of carbonyl (C=O) groups is 1. The van der Waals surface area contributed by atoms with Gasteiger partial charge in [-0.25, -0.2) is 4.79 Å². The number of ether oxygens (including phenoxy) is 2. The van der Waals surface area contributed by atoms with Gasteiger partial charge in [0.15, 0.2) is 5.75 Å². The van der Waals surface area contributed by atoms with Crippen LogP contribution in [0, 0.1) is 0 Å². The van der Waals surface area contributed by atoms with E-state index in [9.17, 15) is 4.79 Å². The molecule has 4 nitrogen and oxygen atoms in total. The molecule has 2 aromatic rings. The first kappa shape index (κ1) is 15.7. The van der Waals surface area contributed by atoms with Gasteiger partial charge < -0.3 is 14.6 Å². The van der Waals surface area contributed by atoms with Crippen LogP contribution in [-0.2, 0) is 6.61 Å². The van der Waals surface area contributed by atoms with E-state index in [1.807, 2.05) is 12.1 Å². The van der Waals surface area contributed by atoms with Crippen molar-refractivity contribution in [2.24, 2.45) is 0 Å². The second-order valence-electron chi connectivity index (χ2n) is 4.17. The average molecular weight is 372 g/mol. The monoisotopic (exact) mass is 370 g/mol. The molecular formula is C15H12BrClO4. The number of methoxy groups -OCH3 is 1. The summed E-state index contributed by atoms with van der Waals surface area (Å²) in [6.07, 6.45) is 0. The van der Waals surface area contributed by atoms with E-state index in [2.05, 4.69) is 15.9 Å². The Morgan fingerprint density at radius 1 is 1.33 bits per heavy atom. The van der Waals surface area contributed by atoms with Gasteiger partial charge in [-0.3, -0.25) is 0 Å². The van der Waals surface area contributed by atoms with Crippen LogP contribution >= 0.6 is 27.5 Å². The second kappa shape index (κ2) is 6.83. The number of hydrogen-bond acceptors (Lipinski definition) is 3. The zero-order valence-corrected chi connectivity index (χ0v) is 13.4. The maximum atomic E-state index is 11.2. The zero-order chi connectivity index (χ0) is 15.4. The summed E-state index contributed by atoms with van der Waals surface area (Å²) in [7, 11) is 1.57. The fraction of sp³-hybridized carbons (Fsp3) is 0.133. The first-order chi connectivity index (χ1) is 10.0. The summed E-state index contributed by atoms with van der Waals surface area (Å²) in [6, 6.07) is 10.1. The highest BCUT2D eigenvalue weighted by molar-refractivity contribution is 9.10. The van der Waals surface area contributed by atoms with Gasteiger partial charge in [0.2, 0.25) is 0 Å². The maximum Gasteiger partial charge on any atom is 0.339 e. The summed E-state index contributed by atoms with van der Waals surface area (Å²) in [5, 5.41) is 9.41. The lowest BCUT2D eigenvalue weighted by molar-refractivity contribution is 0.0691. The molecule has 0 saturated carbocycles. The Balaban J connectivity index is 2.26. The van der Waals surface area contributed by atoms with Crippen LogP contribution in [0.2, 0.25) is 5.02 Å². The van der Waals surface area contributed by atoms with Gasteiger partial charge in [0.05, 0.1) is 12.1 Å². The Hall–Kier alpha value is -1.72. The first-order valence-electron chi connectivity index (χ1n) is 6.00. The molecule has 110 valence electrons. The first-order valence-corrected chi connectivity index (χ1v) is 7.17. The summed E-state index contributed by atoms with van der Waals surface area (Å²) in [4.78, 5) is 11.2. The van der Waals surface area contributed by atoms with Gasteiger partial charge in [0.25, 0.3) is 0 Å². The quantitative estimate of drug-likeness (QED) is 0.847. The second-order valence-corrected chi connectivity index (χ2v) is 5.43. The summed E-state index contributed by atoms with van der Waals surface area (Å²) in [5.41, 5.74) is 0.854. The van der Waals surface area contributed by atoms with Crippen molar-refractivity contribution in [1.29, 1.82) is 0 Å². The van der Waals surface area contributed by atoms with Gasteiger partial charge in [-0.05, 0) is 30.3 Å². The molecule has 0 aliphatic rings. The van der Waals surface area contributed by atoms with E-state index in [1.54, 1.807) is 25.3 Å². The smallest absolute Gasteiger partial charge is 0.339 e. The van der Waals surface area contributed by atoms with Gasteiger partial charge in [-0.15, -0.1) is 0 Å². The molecule has 0 atom stereocenters.